The normalized spacial score (nSPS) is 14.6. The average Bonchev–Trinajstić information content (AvgIpc) is 3.51. The molecule has 1 aliphatic heterocycles. The summed E-state index contributed by atoms with van der Waals surface area (Å²) in [6.07, 6.45) is 3.62. The third-order valence-electron chi connectivity index (χ3n) is 7.78. The summed E-state index contributed by atoms with van der Waals surface area (Å²) in [5.41, 5.74) is 5.80. The van der Waals surface area contributed by atoms with E-state index >= 15 is 0 Å². The van der Waals surface area contributed by atoms with Crippen molar-refractivity contribution in [3.05, 3.63) is 77.2 Å². The summed E-state index contributed by atoms with van der Waals surface area (Å²) in [4.78, 5) is 20.6. The number of carbonyl (C=O) groups is 1. The Balaban J connectivity index is 1.39. The van der Waals surface area contributed by atoms with E-state index < -0.39 is 11.3 Å². The highest BCUT2D eigenvalue weighted by atomic mass is 32.2. The van der Waals surface area contributed by atoms with Crippen LogP contribution in [0, 0.1) is 6.92 Å². The first kappa shape index (κ1) is 32.2. The molecule has 1 fully saturated rings. The molecule has 0 bridgehead atoms. The zero-order valence-electron chi connectivity index (χ0n) is 26.4. The molecule has 0 spiro atoms. The van der Waals surface area contributed by atoms with Crippen LogP contribution in [0.15, 0.2) is 54.9 Å². The maximum atomic E-state index is 13.6. The van der Waals surface area contributed by atoms with Gasteiger partial charge in [0.1, 0.15) is 5.69 Å². The Labute approximate surface area is 265 Å². The second-order valence-corrected chi connectivity index (χ2v) is 13.0. The maximum absolute atomic E-state index is 13.6. The molecule has 2 aromatic carbocycles. The second kappa shape index (κ2) is 13.4. The van der Waals surface area contributed by atoms with Gasteiger partial charge in [0.25, 0.3) is 17.2 Å². The average molecular weight is 634 g/mol. The molecule has 2 aromatic heterocycles. The lowest BCUT2D eigenvalue weighted by Gasteiger charge is -2.26. The summed E-state index contributed by atoms with van der Waals surface area (Å²) >= 11 is -2.29. The van der Waals surface area contributed by atoms with Crippen LogP contribution in [0.2, 0.25) is 0 Å². The van der Waals surface area contributed by atoms with Crippen molar-refractivity contribution in [2.24, 2.45) is 0 Å². The third kappa shape index (κ3) is 7.39. The molecule has 0 saturated carbocycles. The number of aryl methyl sites for hydroxylation is 1. The highest BCUT2D eigenvalue weighted by molar-refractivity contribution is 7.80. The number of aromatic nitrogens is 4. The molecule has 4 aromatic rings. The number of hydrogen-bond acceptors (Lipinski definition) is 8. The van der Waals surface area contributed by atoms with Crippen LogP contribution in [0.5, 0.6) is 5.75 Å². The van der Waals surface area contributed by atoms with Gasteiger partial charge in [-0.2, -0.15) is 0 Å². The van der Waals surface area contributed by atoms with E-state index in [0.29, 0.717) is 28.3 Å². The Bertz CT molecular complexity index is 1700. The lowest BCUT2D eigenvalue weighted by molar-refractivity contribution is 0.0336. The second-order valence-electron chi connectivity index (χ2n) is 12.0. The molecule has 1 aliphatic rings. The van der Waals surface area contributed by atoms with Crippen molar-refractivity contribution >= 4 is 28.5 Å². The number of hydrogen-bond donors (Lipinski definition) is 2. The molecule has 13 heteroatoms. The van der Waals surface area contributed by atoms with Crippen LogP contribution in [0.3, 0.4) is 0 Å². The number of nitrogens with one attached hydrogen (secondary N) is 1. The van der Waals surface area contributed by atoms with Gasteiger partial charge in [-0.1, -0.05) is 32.1 Å². The number of nitrogens with zero attached hydrogens (tertiary/aromatic N) is 6. The van der Waals surface area contributed by atoms with E-state index in [1.807, 2.05) is 58.2 Å². The van der Waals surface area contributed by atoms with Gasteiger partial charge in [-0.15, -0.1) is 5.10 Å². The van der Waals surface area contributed by atoms with Gasteiger partial charge in [0.05, 0.1) is 49.3 Å². The van der Waals surface area contributed by atoms with Crippen molar-refractivity contribution in [3.63, 3.8) is 0 Å². The fraction of sp³-hybridized carbons (Fsp3) is 0.375. The molecular weight excluding hydrogens is 594 g/mol. The number of carbonyl (C=O) groups excluding carboxylic acids is 1. The number of anilines is 2. The number of rotatable bonds is 9. The Kier molecular flexibility index (Phi) is 9.63. The standard InChI is InChI=1S/C32H39N7O5S/c1-21-7-8-22(31(40)34-26-16-24(32(2,3)4)17-29(30(26)43-6)37(5)45(41)42)15-28(21)39-20-27(35-36-39)23-9-10-25(33-18-23)19-38-11-13-44-14-12-38/h7-10,15-18,20H,11-14,19H2,1-6H3,(H,34,40)(H,41,42). The van der Waals surface area contributed by atoms with E-state index in [1.165, 1.54) is 18.5 Å². The fourth-order valence-electron chi connectivity index (χ4n) is 5.04. The number of methoxy groups -OCH3 is 1. The van der Waals surface area contributed by atoms with Crippen molar-refractivity contribution in [3.8, 4) is 22.7 Å². The van der Waals surface area contributed by atoms with Crippen LogP contribution < -0.4 is 14.4 Å². The first-order chi connectivity index (χ1) is 21.4. The summed E-state index contributed by atoms with van der Waals surface area (Å²) in [6.45, 7) is 12.1. The molecule has 238 valence electrons. The summed E-state index contributed by atoms with van der Waals surface area (Å²) < 4.78 is 35.6. The van der Waals surface area contributed by atoms with Crippen molar-refractivity contribution in [2.45, 2.75) is 39.7 Å². The minimum Gasteiger partial charge on any atom is -0.492 e. The molecule has 1 atom stereocenters. The Morgan fingerprint density at radius 1 is 1.16 bits per heavy atom. The quantitative estimate of drug-likeness (QED) is 0.254. The molecular formula is C32H39N7O5S. The van der Waals surface area contributed by atoms with E-state index in [9.17, 15) is 13.6 Å². The Hall–Kier alpha value is -4.17. The maximum Gasteiger partial charge on any atom is 0.261 e. The molecule has 5 rings (SSSR count). The van der Waals surface area contributed by atoms with Crippen LogP contribution in [0.4, 0.5) is 11.4 Å². The van der Waals surface area contributed by atoms with Crippen LogP contribution in [-0.4, -0.2) is 80.0 Å². The van der Waals surface area contributed by atoms with E-state index in [0.717, 1.165) is 55.2 Å². The monoisotopic (exact) mass is 633 g/mol. The molecule has 3 heterocycles. The van der Waals surface area contributed by atoms with Crippen molar-refractivity contribution in [1.82, 2.24) is 24.9 Å². The van der Waals surface area contributed by atoms with Crippen LogP contribution in [0.1, 0.15) is 48.0 Å². The molecule has 2 N–H and O–H groups in total. The molecule has 1 saturated heterocycles. The van der Waals surface area contributed by atoms with Gasteiger partial charge in [-0.25, -0.2) is 8.89 Å². The highest BCUT2D eigenvalue weighted by Gasteiger charge is 2.24. The largest absolute Gasteiger partial charge is 0.492 e. The fourth-order valence-corrected chi connectivity index (χ4v) is 5.34. The molecule has 0 radical (unpaired) electrons. The highest BCUT2D eigenvalue weighted by Crippen LogP contribution is 2.41. The molecule has 1 unspecified atom stereocenters. The van der Waals surface area contributed by atoms with Crippen molar-refractivity contribution in [1.29, 1.82) is 0 Å². The lowest BCUT2D eigenvalue weighted by atomic mass is 9.86. The van der Waals surface area contributed by atoms with Gasteiger partial charge >= 0.3 is 0 Å². The van der Waals surface area contributed by atoms with Gasteiger partial charge in [-0.05, 0) is 59.9 Å². The van der Waals surface area contributed by atoms with Gasteiger partial charge in [0.15, 0.2) is 5.75 Å². The van der Waals surface area contributed by atoms with Gasteiger partial charge in [0, 0.05) is 44.0 Å². The third-order valence-corrected chi connectivity index (χ3v) is 8.45. The number of pyridine rings is 1. The number of ether oxygens (including phenoxy) is 2. The number of amides is 1. The SMILES string of the molecule is COc1c(NC(=O)c2ccc(C)c(-n3cc(-c4ccc(CN5CCOCC5)nc4)nn3)c2)cc(C(C)(C)C)cc1N(C)S(=O)O. The zero-order valence-corrected chi connectivity index (χ0v) is 27.2. The molecule has 1 amide bonds. The Morgan fingerprint density at radius 3 is 2.56 bits per heavy atom. The summed E-state index contributed by atoms with van der Waals surface area (Å²) in [7, 11) is 2.94. The number of morpholine rings is 1. The minimum atomic E-state index is -2.29. The first-order valence-electron chi connectivity index (χ1n) is 14.6. The van der Waals surface area contributed by atoms with Crippen LogP contribution in [-0.2, 0) is 28.0 Å². The minimum absolute atomic E-state index is 0.277. The molecule has 0 aliphatic carbocycles. The van der Waals surface area contributed by atoms with Crippen LogP contribution >= 0.6 is 0 Å². The summed E-state index contributed by atoms with van der Waals surface area (Å²) in [5, 5.41) is 11.7. The number of benzene rings is 2. The van der Waals surface area contributed by atoms with Gasteiger partial charge in [-0.3, -0.25) is 23.5 Å². The zero-order chi connectivity index (χ0) is 32.3. The molecule has 12 nitrogen and oxygen atoms in total. The van der Waals surface area contributed by atoms with Crippen molar-refractivity contribution < 1.29 is 23.0 Å². The predicted octanol–water partition coefficient (Wildman–Crippen LogP) is 4.60. The van der Waals surface area contributed by atoms with Crippen LogP contribution in [0.25, 0.3) is 16.9 Å². The summed E-state index contributed by atoms with van der Waals surface area (Å²) in [6, 6.07) is 13.0. The molecule has 45 heavy (non-hydrogen) atoms. The van der Waals surface area contributed by atoms with E-state index in [4.69, 9.17) is 9.47 Å². The lowest BCUT2D eigenvalue weighted by Crippen LogP contribution is -2.35. The van der Waals surface area contributed by atoms with Crippen molar-refractivity contribution in [2.75, 3.05) is 50.1 Å². The first-order valence-corrected chi connectivity index (χ1v) is 15.7. The van der Waals surface area contributed by atoms with E-state index in [1.54, 1.807) is 29.1 Å². The van der Waals surface area contributed by atoms with E-state index in [-0.39, 0.29) is 17.1 Å². The smallest absolute Gasteiger partial charge is 0.261 e. The summed E-state index contributed by atoms with van der Waals surface area (Å²) in [5.74, 6) is -0.0983. The topological polar surface area (TPSA) is 135 Å². The Morgan fingerprint density at radius 2 is 1.91 bits per heavy atom. The van der Waals surface area contributed by atoms with E-state index in [2.05, 4.69) is 25.5 Å². The van der Waals surface area contributed by atoms with Gasteiger partial charge < -0.3 is 14.8 Å². The van der Waals surface area contributed by atoms with Gasteiger partial charge in [0.2, 0.25) is 0 Å². The predicted molar refractivity (Wildman–Crippen MR) is 174 cm³/mol.